The van der Waals surface area contributed by atoms with E-state index in [0.29, 0.717) is 12.5 Å². The molecule has 252 valence electrons. The van der Waals surface area contributed by atoms with Crippen molar-refractivity contribution in [2.45, 2.75) is 146 Å². The molecule has 0 aromatic rings. The monoisotopic (exact) mass is 636 g/mol. The maximum atomic E-state index is 13.9. The second-order valence-corrected chi connectivity index (χ2v) is 14.0. The normalized spacial score (nSPS) is 38.6. The number of rotatable bonds is 7. The number of fused-ring (bicyclic) bond motifs is 1. The highest BCUT2D eigenvalue weighted by molar-refractivity contribution is 7.99. The predicted octanol–water partition coefficient (Wildman–Crippen LogP) is 5.21. The molecule has 0 spiro atoms. The molecule has 0 radical (unpaired) electrons. The molecule has 5 fully saturated rings. The van der Waals surface area contributed by atoms with E-state index in [0.717, 1.165) is 51.6 Å². The van der Waals surface area contributed by atoms with Gasteiger partial charge in [0.05, 0.1) is 18.1 Å². The van der Waals surface area contributed by atoms with E-state index in [4.69, 9.17) is 5.11 Å². The number of likely N-dealkylation sites (tertiary alicyclic amines) is 1. The van der Waals surface area contributed by atoms with E-state index >= 15 is 0 Å². The van der Waals surface area contributed by atoms with Crippen molar-refractivity contribution >= 4 is 17.7 Å². The smallest absolute Gasteiger partial charge is 0.400 e. The fourth-order valence-electron chi connectivity index (χ4n) is 8.71. The number of amides is 1. The molecule has 9 unspecified atom stereocenters. The van der Waals surface area contributed by atoms with Crippen LogP contribution in [-0.4, -0.2) is 100 Å². The fraction of sp³-hybridized carbons (Fsp3) is 0.969. The van der Waals surface area contributed by atoms with Crippen molar-refractivity contribution in [2.75, 3.05) is 26.5 Å². The van der Waals surface area contributed by atoms with E-state index in [-0.39, 0.29) is 55.1 Å². The summed E-state index contributed by atoms with van der Waals surface area (Å²) >= 11 is 1.21. The van der Waals surface area contributed by atoms with Crippen molar-refractivity contribution in [1.82, 2.24) is 20.7 Å². The number of hydrogen-bond donors (Lipinski definition) is 4. The van der Waals surface area contributed by atoms with E-state index in [1.54, 1.807) is 6.26 Å². The van der Waals surface area contributed by atoms with Crippen LogP contribution >= 0.6 is 11.8 Å². The molecule has 4 N–H and O–H groups in total. The van der Waals surface area contributed by atoms with Crippen molar-refractivity contribution < 1.29 is 28.2 Å². The van der Waals surface area contributed by atoms with Gasteiger partial charge < -0.3 is 20.4 Å². The Balaban J connectivity index is 0.00000121. The minimum atomic E-state index is -4.31. The van der Waals surface area contributed by atoms with Gasteiger partial charge in [-0.25, -0.2) is 5.01 Å². The van der Waals surface area contributed by atoms with Crippen LogP contribution in [0.25, 0.3) is 0 Å². The largest absolute Gasteiger partial charge is 0.404 e. The van der Waals surface area contributed by atoms with Gasteiger partial charge in [0.25, 0.3) is 0 Å². The van der Waals surface area contributed by atoms with Crippen molar-refractivity contribution in [3.8, 4) is 0 Å². The van der Waals surface area contributed by atoms with E-state index in [9.17, 15) is 23.1 Å². The first-order valence-electron chi connectivity index (χ1n) is 17.0. The Kier molecular flexibility index (Phi) is 14.4. The summed E-state index contributed by atoms with van der Waals surface area (Å²) < 4.78 is 40.6. The zero-order valence-electron chi connectivity index (χ0n) is 27.3. The Bertz CT molecular complexity index is 851. The Morgan fingerprint density at radius 1 is 1.00 bits per heavy atom. The SMILES string of the molecule is CC.CCCC1NN(C2CCC(C3CCC3)CC2O)C2CCN(C(=O)C3CNC(C(F)(F)F)C(SC)C3)[C@@H](CC)C12.CO. The van der Waals surface area contributed by atoms with Crippen LogP contribution in [0.2, 0.25) is 0 Å². The van der Waals surface area contributed by atoms with Gasteiger partial charge in [-0.05, 0) is 63.0 Å². The van der Waals surface area contributed by atoms with E-state index < -0.39 is 23.4 Å². The Morgan fingerprint density at radius 2 is 1.70 bits per heavy atom. The molecule has 0 aromatic heterocycles. The van der Waals surface area contributed by atoms with Gasteiger partial charge in [-0.1, -0.05) is 53.4 Å². The van der Waals surface area contributed by atoms with Crippen LogP contribution in [0.15, 0.2) is 0 Å². The van der Waals surface area contributed by atoms with Gasteiger partial charge in [-0.2, -0.15) is 24.9 Å². The van der Waals surface area contributed by atoms with Crippen LogP contribution < -0.4 is 10.7 Å². The van der Waals surface area contributed by atoms with Crippen LogP contribution in [0.3, 0.4) is 0 Å². The summed E-state index contributed by atoms with van der Waals surface area (Å²) in [5.74, 6) is 1.31. The van der Waals surface area contributed by atoms with Gasteiger partial charge in [0.2, 0.25) is 5.91 Å². The number of aliphatic hydroxyl groups excluding tert-OH is 2. The highest BCUT2D eigenvalue weighted by Crippen LogP contribution is 2.45. The van der Waals surface area contributed by atoms with E-state index in [1.165, 1.54) is 37.4 Å². The van der Waals surface area contributed by atoms with Crippen molar-refractivity contribution in [2.24, 2.45) is 23.7 Å². The summed E-state index contributed by atoms with van der Waals surface area (Å²) in [5, 5.41) is 22.7. The average Bonchev–Trinajstić information content (AvgIpc) is 3.35. The number of hydrogen-bond acceptors (Lipinski definition) is 7. The summed E-state index contributed by atoms with van der Waals surface area (Å²) in [4.78, 5) is 15.9. The summed E-state index contributed by atoms with van der Waals surface area (Å²) in [6.45, 7) is 9.05. The molecule has 7 nitrogen and oxygen atoms in total. The molecule has 3 heterocycles. The number of halogens is 3. The molecule has 2 saturated carbocycles. The molecule has 11 heteroatoms. The minimum Gasteiger partial charge on any atom is -0.400 e. The molecule has 2 aliphatic carbocycles. The number of carbonyl (C=O) groups excluding carboxylic acids is 1. The first-order chi connectivity index (χ1) is 20.7. The summed E-state index contributed by atoms with van der Waals surface area (Å²) in [6.07, 6.45) is 8.14. The van der Waals surface area contributed by atoms with E-state index in [2.05, 4.69) is 29.6 Å². The quantitative estimate of drug-likeness (QED) is 0.305. The highest BCUT2D eigenvalue weighted by atomic mass is 32.2. The number of thioether (sulfide) groups is 1. The van der Waals surface area contributed by atoms with Crippen LogP contribution in [0.4, 0.5) is 13.2 Å². The average molecular weight is 637 g/mol. The maximum Gasteiger partial charge on any atom is 0.404 e. The molecular weight excluding hydrogens is 577 g/mol. The third-order valence-corrected chi connectivity index (χ3v) is 11.9. The highest BCUT2D eigenvalue weighted by Gasteiger charge is 2.54. The van der Waals surface area contributed by atoms with Gasteiger partial charge in [0.1, 0.15) is 6.04 Å². The van der Waals surface area contributed by atoms with Crippen LogP contribution in [0, 0.1) is 23.7 Å². The molecule has 3 aliphatic heterocycles. The molecule has 0 aromatic carbocycles. The lowest BCUT2D eigenvalue weighted by molar-refractivity contribution is -0.164. The topological polar surface area (TPSA) is 88.1 Å². The number of nitrogens with one attached hydrogen (secondary N) is 2. The Labute approximate surface area is 262 Å². The lowest BCUT2D eigenvalue weighted by Gasteiger charge is -2.49. The maximum absolute atomic E-state index is 13.9. The van der Waals surface area contributed by atoms with Crippen molar-refractivity contribution in [1.29, 1.82) is 0 Å². The summed E-state index contributed by atoms with van der Waals surface area (Å²) in [6, 6.07) is -0.873. The molecule has 0 bridgehead atoms. The number of carbonyl (C=O) groups is 1. The molecule has 1 amide bonds. The van der Waals surface area contributed by atoms with Gasteiger partial charge in [-0.3, -0.25) is 10.2 Å². The Hall–Kier alpha value is -0.590. The molecule has 3 saturated heterocycles. The van der Waals surface area contributed by atoms with Crippen LogP contribution in [0.1, 0.15) is 98.3 Å². The van der Waals surface area contributed by atoms with Gasteiger partial charge in [0.15, 0.2) is 0 Å². The second-order valence-electron chi connectivity index (χ2n) is 12.9. The molecule has 43 heavy (non-hydrogen) atoms. The minimum absolute atomic E-state index is 0.0159. The first-order valence-corrected chi connectivity index (χ1v) is 18.3. The lowest BCUT2D eigenvalue weighted by Crippen LogP contribution is -2.62. The lowest BCUT2D eigenvalue weighted by atomic mass is 9.68. The van der Waals surface area contributed by atoms with Crippen LogP contribution in [0.5, 0.6) is 0 Å². The molecule has 5 rings (SSSR count). The van der Waals surface area contributed by atoms with Gasteiger partial charge in [0, 0.05) is 49.5 Å². The molecular formula is C32H59F3N4O3S. The zero-order chi connectivity index (χ0) is 31.9. The number of nitrogens with zero attached hydrogens (tertiary/aromatic N) is 2. The second kappa shape index (κ2) is 16.8. The van der Waals surface area contributed by atoms with Crippen molar-refractivity contribution in [3.05, 3.63) is 0 Å². The predicted molar refractivity (Wildman–Crippen MR) is 169 cm³/mol. The molecule has 10 atom stereocenters. The standard InChI is InChI=1S/C29H49F3N4O2S.C2H6.CH4O/c1-4-7-20-26-21(5-2)35(28(38)19-15-25(39-3)27(33-16-19)29(30,31)32)13-12-23(26)36(34-20)22-11-10-18(14-24(22)37)17-8-6-9-17;2*1-2/h17-27,33-34,37H,4-16H2,1-3H3;1-2H3;2H,1H3/t18?,19?,20?,21-,22?,23?,24?,25?,26?,27?;;/m0../s1. The van der Waals surface area contributed by atoms with Gasteiger partial charge >= 0.3 is 6.18 Å². The third-order valence-electron chi connectivity index (χ3n) is 10.9. The first kappa shape index (κ1) is 36.9. The number of alkyl halides is 3. The third kappa shape index (κ3) is 8.05. The molecule has 5 aliphatic rings. The fourth-order valence-corrected chi connectivity index (χ4v) is 9.66. The summed E-state index contributed by atoms with van der Waals surface area (Å²) in [7, 11) is 1.00. The number of hydrazine groups is 1. The van der Waals surface area contributed by atoms with E-state index in [1.807, 2.05) is 18.7 Å². The number of piperidine rings is 2. The van der Waals surface area contributed by atoms with Crippen molar-refractivity contribution in [3.63, 3.8) is 0 Å². The Morgan fingerprint density at radius 3 is 2.23 bits per heavy atom. The zero-order valence-corrected chi connectivity index (χ0v) is 28.1. The number of aliphatic hydroxyl groups is 2. The van der Waals surface area contributed by atoms with Gasteiger partial charge in [-0.15, -0.1) is 0 Å². The van der Waals surface area contributed by atoms with Crippen LogP contribution in [-0.2, 0) is 4.79 Å². The summed E-state index contributed by atoms with van der Waals surface area (Å²) in [5.41, 5.74) is 3.84.